The Morgan fingerprint density at radius 1 is 1.00 bits per heavy atom. The Hall–Kier alpha value is -0.500. The molecule has 3 heteroatoms. The molecule has 0 aliphatic carbocycles. The Morgan fingerprint density at radius 3 is 2.21 bits per heavy atom. The van der Waals surface area contributed by atoms with Crippen molar-refractivity contribution < 1.29 is 0 Å². The first-order valence-electron chi connectivity index (χ1n) is 6.13. The van der Waals surface area contributed by atoms with Crippen molar-refractivity contribution >= 4 is 39.1 Å². The van der Waals surface area contributed by atoms with Crippen LogP contribution < -0.4 is 0 Å². The van der Waals surface area contributed by atoms with Crippen LogP contribution in [0.25, 0.3) is 0 Å². The first-order valence-corrected chi connectivity index (χ1v) is 7.80. The van der Waals surface area contributed by atoms with Gasteiger partial charge in [-0.2, -0.15) is 0 Å². The van der Waals surface area contributed by atoms with Crippen molar-refractivity contribution in [3.8, 4) is 0 Å². The third-order valence-corrected chi connectivity index (χ3v) is 4.74. The fourth-order valence-corrected chi connectivity index (χ4v) is 3.84. The highest BCUT2D eigenvalue weighted by Crippen LogP contribution is 2.37. The molecule has 2 aromatic rings. The molecule has 0 aromatic heterocycles. The van der Waals surface area contributed by atoms with Crippen molar-refractivity contribution in [3.05, 3.63) is 68.7 Å². The smallest absolute Gasteiger partial charge is 0.0465 e. The Morgan fingerprint density at radius 2 is 1.63 bits per heavy atom. The van der Waals surface area contributed by atoms with E-state index in [-0.39, 0.29) is 4.83 Å². The number of alkyl halides is 1. The van der Waals surface area contributed by atoms with E-state index >= 15 is 0 Å². The predicted molar refractivity (Wildman–Crippen MR) is 87.8 cm³/mol. The van der Waals surface area contributed by atoms with E-state index in [4.69, 9.17) is 23.2 Å². The van der Waals surface area contributed by atoms with Gasteiger partial charge in [0.2, 0.25) is 0 Å². The maximum Gasteiger partial charge on any atom is 0.0465 e. The first kappa shape index (κ1) is 14.9. The van der Waals surface area contributed by atoms with E-state index in [1.54, 1.807) is 0 Å². The van der Waals surface area contributed by atoms with Gasteiger partial charge in [0.15, 0.2) is 0 Å². The molecule has 0 amide bonds. The lowest BCUT2D eigenvalue weighted by atomic mass is 10.0. The maximum absolute atomic E-state index is 6.23. The van der Waals surface area contributed by atoms with Gasteiger partial charge in [0.25, 0.3) is 0 Å². The van der Waals surface area contributed by atoms with Crippen molar-refractivity contribution in [2.75, 3.05) is 0 Å². The minimum absolute atomic E-state index is 0.121. The number of hydrogen-bond donors (Lipinski definition) is 0. The van der Waals surface area contributed by atoms with Gasteiger partial charge in [0.1, 0.15) is 0 Å². The monoisotopic (exact) mass is 356 g/mol. The number of aryl methyl sites for hydroxylation is 2. The van der Waals surface area contributed by atoms with E-state index in [1.807, 2.05) is 18.2 Å². The van der Waals surface area contributed by atoms with Gasteiger partial charge in [-0.3, -0.25) is 0 Å². The average Bonchev–Trinajstić information content (AvgIpc) is 2.33. The molecule has 0 aliphatic rings. The molecule has 0 saturated heterocycles. The Kier molecular flexibility index (Phi) is 4.94. The third kappa shape index (κ3) is 3.53. The molecule has 0 N–H and O–H groups in total. The lowest BCUT2D eigenvalue weighted by molar-refractivity contribution is 0.946. The van der Waals surface area contributed by atoms with Crippen LogP contribution in [0.1, 0.15) is 27.1 Å². The standard InChI is InChI=1S/C16H15BrCl2/c1-10-6-7-12(8-11(10)2)9-13(17)16-14(18)4-3-5-15(16)19/h3-8,13H,9H2,1-2H3. The number of hydrogen-bond acceptors (Lipinski definition) is 0. The lowest BCUT2D eigenvalue weighted by Crippen LogP contribution is -1.98. The largest absolute Gasteiger partial charge is 0.0839 e. The summed E-state index contributed by atoms with van der Waals surface area (Å²) in [6.07, 6.45) is 0.866. The molecule has 2 aromatic carbocycles. The van der Waals surface area contributed by atoms with E-state index in [2.05, 4.69) is 48.0 Å². The van der Waals surface area contributed by atoms with Crippen molar-refractivity contribution in [3.63, 3.8) is 0 Å². The normalized spacial score (nSPS) is 12.5. The molecule has 0 heterocycles. The summed E-state index contributed by atoms with van der Waals surface area (Å²) in [6.45, 7) is 4.25. The molecule has 0 saturated carbocycles. The Bertz CT molecular complexity index is 573. The third-order valence-electron chi connectivity index (χ3n) is 3.30. The van der Waals surface area contributed by atoms with Crippen LogP contribution in [0.15, 0.2) is 36.4 Å². The fraction of sp³-hybridized carbons (Fsp3) is 0.250. The summed E-state index contributed by atoms with van der Waals surface area (Å²) in [5, 5.41) is 1.41. The minimum atomic E-state index is 0.121. The fourth-order valence-electron chi connectivity index (χ4n) is 2.05. The van der Waals surface area contributed by atoms with Crippen LogP contribution in [0.5, 0.6) is 0 Å². The van der Waals surface area contributed by atoms with Crippen molar-refractivity contribution in [2.45, 2.75) is 25.1 Å². The van der Waals surface area contributed by atoms with E-state index in [0.717, 1.165) is 12.0 Å². The van der Waals surface area contributed by atoms with Crippen LogP contribution in [0.3, 0.4) is 0 Å². The Balaban J connectivity index is 2.25. The molecule has 100 valence electrons. The summed E-state index contributed by atoms with van der Waals surface area (Å²) >= 11 is 16.2. The summed E-state index contributed by atoms with van der Waals surface area (Å²) in [4.78, 5) is 0.121. The molecule has 0 bridgehead atoms. The quantitative estimate of drug-likeness (QED) is 0.566. The summed E-state index contributed by atoms with van der Waals surface area (Å²) in [7, 11) is 0. The van der Waals surface area contributed by atoms with Crippen LogP contribution in [0.2, 0.25) is 10.0 Å². The lowest BCUT2D eigenvalue weighted by Gasteiger charge is -2.14. The summed E-state index contributed by atoms with van der Waals surface area (Å²) in [5.41, 5.74) is 4.86. The molecule has 0 radical (unpaired) electrons. The van der Waals surface area contributed by atoms with Gasteiger partial charge in [-0.15, -0.1) is 0 Å². The molecule has 0 aliphatic heterocycles. The van der Waals surface area contributed by atoms with Gasteiger partial charge < -0.3 is 0 Å². The Labute approximate surface area is 132 Å². The molecule has 1 atom stereocenters. The SMILES string of the molecule is Cc1ccc(CC(Br)c2c(Cl)cccc2Cl)cc1C. The highest BCUT2D eigenvalue weighted by molar-refractivity contribution is 9.09. The topological polar surface area (TPSA) is 0 Å². The second-order valence-corrected chi connectivity index (χ2v) is 6.65. The van der Waals surface area contributed by atoms with Crippen molar-refractivity contribution in [1.82, 2.24) is 0 Å². The second-order valence-electron chi connectivity index (χ2n) is 4.73. The molecule has 0 nitrogen and oxygen atoms in total. The van der Waals surface area contributed by atoms with Gasteiger partial charge in [0.05, 0.1) is 0 Å². The average molecular weight is 358 g/mol. The molecule has 0 fully saturated rings. The summed E-state index contributed by atoms with van der Waals surface area (Å²) in [5.74, 6) is 0. The highest BCUT2D eigenvalue weighted by Gasteiger charge is 2.15. The summed E-state index contributed by atoms with van der Waals surface area (Å²) in [6, 6.07) is 12.1. The van der Waals surface area contributed by atoms with Crippen LogP contribution in [-0.4, -0.2) is 0 Å². The molecular weight excluding hydrogens is 343 g/mol. The van der Waals surface area contributed by atoms with Crippen LogP contribution >= 0.6 is 39.1 Å². The van der Waals surface area contributed by atoms with Crippen LogP contribution in [0.4, 0.5) is 0 Å². The van der Waals surface area contributed by atoms with Gasteiger partial charge in [-0.1, -0.05) is 63.4 Å². The molecule has 0 spiro atoms. The molecule has 1 unspecified atom stereocenters. The van der Waals surface area contributed by atoms with Crippen LogP contribution in [0, 0.1) is 13.8 Å². The van der Waals surface area contributed by atoms with E-state index in [1.165, 1.54) is 16.7 Å². The van der Waals surface area contributed by atoms with Crippen molar-refractivity contribution in [2.24, 2.45) is 0 Å². The van der Waals surface area contributed by atoms with Gasteiger partial charge >= 0.3 is 0 Å². The number of rotatable bonds is 3. The zero-order chi connectivity index (χ0) is 14.0. The second kappa shape index (κ2) is 6.30. The molecule has 2 rings (SSSR count). The van der Waals surface area contributed by atoms with E-state index in [9.17, 15) is 0 Å². The highest BCUT2D eigenvalue weighted by atomic mass is 79.9. The van der Waals surface area contributed by atoms with E-state index in [0.29, 0.717) is 10.0 Å². The number of halogens is 3. The van der Waals surface area contributed by atoms with Gasteiger partial charge in [-0.05, 0) is 49.1 Å². The minimum Gasteiger partial charge on any atom is -0.0839 e. The van der Waals surface area contributed by atoms with E-state index < -0.39 is 0 Å². The number of benzene rings is 2. The molecule has 19 heavy (non-hydrogen) atoms. The van der Waals surface area contributed by atoms with Gasteiger partial charge in [-0.25, -0.2) is 0 Å². The first-order chi connectivity index (χ1) is 8.99. The summed E-state index contributed by atoms with van der Waals surface area (Å²) < 4.78 is 0. The zero-order valence-electron chi connectivity index (χ0n) is 10.9. The molecular formula is C16H15BrCl2. The maximum atomic E-state index is 6.23. The van der Waals surface area contributed by atoms with Gasteiger partial charge in [0, 0.05) is 20.4 Å². The predicted octanol–water partition coefficient (Wildman–Crippen LogP) is 6.29. The zero-order valence-corrected chi connectivity index (χ0v) is 14.0. The van der Waals surface area contributed by atoms with Crippen molar-refractivity contribution in [1.29, 1.82) is 0 Å². The van der Waals surface area contributed by atoms with Crippen LogP contribution in [-0.2, 0) is 6.42 Å².